The molecule has 0 aromatic carbocycles. The van der Waals surface area contributed by atoms with Crippen molar-refractivity contribution < 1.29 is 5.11 Å². The van der Waals surface area contributed by atoms with Crippen molar-refractivity contribution in [1.82, 2.24) is 4.90 Å². The van der Waals surface area contributed by atoms with Crippen LogP contribution in [0.5, 0.6) is 0 Å². The van der Waals surface area contributed by atoms with Crippen LogP contribution in [0.3, 0.4) is 0 Å². The molecule has 1 aliphatic rings. The van der Waals surface area contributed by atoms with Crippen LogP contribution in [-0.4, -0.2) is 34.2 Å². The highest BCUT2D eigenvalue weighted by Crippen LogP contribution is 2.28. The lowest BCUT2D eigenvalue weighted by Crippen LogP contribution is -2.50. The summed E-state index contributed by atoms with van der Waals surface area (Å²) in [7, 11) is 0. The summed E-state index contributed by atoms with van der Waals surface area (Å²) in [6, 6.07) is 0. The van der Waals surface area contributed by atoms with Crippen LogP contribution >= 0.6 is 0 Å². The second-order valence-corrected chi connectivity index (χ2v) is 5.85. The highest BCUT2D eigenvalue weighted by atomic mass is 16.3. The molecule has 2 heteroatoms. The predicted octanol–water partition coefficient (Wildman–Crippen LogP) is 2.41. The molecule has 0 aliphatic carbocycles. The number of nitrogens with zero attached hydrogens (tertiary/aromatic N) is 1. The number of piperidine rings is 1. The third-order valence-electron chi connectivity index (χ3n) is 3.08. The van der Waals surface area contributed by atoms with Crippen molar-refractivity contribution in [3.63, 3.8) is 0 Å². The molecule has 0 amide bonds. The maximum atomic E-state index is 9.86. The minimum Gasteiger partial charge on any atom is -0.390 e. The number of hydrogen-bond donors (Lipinski definition) is 1. The molecule has 0 aromatic heterocycles. The van der Waals surface area contributed by atoms with Gasteiger partial charge in [0.15, 0.2) is 0 Å². The number of aliphatic hydroxyl groups is 1. The Morgan fingerprint density at radius 1 is 1.00 bits per heavy atom. The summed E-state index contributed by atoms with van der Waals surface area (Å²) in [6.45, 7) is 10.7. The van der Waals surface area contributed by atoms with Gasteiger partial charge in [-0.2, -0.15) is 0 Å². The van der Waals surface area contributed by atoms with Gasteiger partial charge in [0, 0.05) is 5.54 Å². The van der Waals surface area contributed by atoms with Crippen molar-refractivity contribution in [3.8, 4) is 0 Å². The zero-order chi connectivity index (χ0) is 10.8. The Labute approximate surface area is 88.3 Å². The third-order valence-corrected chi connectivity index (χ3v) is 3.08. The first-order valence-corrected chi connectivity index (χ1v) is 5.79. The summed E-state index contributed by atoms with van der Waals surface area (Å²) >= 11 is 0. The van der Waals surface area contributed by atoms with Crippen LogP contribution in [0.25, 0.3) is 0 Å². The van der Waals surface area contributed by atoms with E-state index in [-0.39, 0.29) is 5.54 Å². The van der Waals surface area contributed by atoms with Gasteiger partial charge in [-0.3, -0.25) is 4.90 Å². The van der Waals surface area contributed by atoms with Crippen molar-refractivity contribution in [2.45, 2.75) is 64.5 Å². The number of rotatable bonds is 3. The summed E-state index contributed by atoms with van der Waals surface area (Å²) < 4.78 is 0. The normalized spacial score (nSPS) is 21.2. The molecule has 1 rings (SSSR count). The third kappa shape index (κ3) is 3.58. The maximum Gasteiger partial charge on any atom is 0.0609 e. The van der Waals surface area contributed by atoms with Crippen LogP contribution in [0, 0.1) is 0 Å². The van der Waals surface area contributed by atoms with Gasteiger partial charge in [0.25, 0.3) is 0 Å². The molecule has 84 valence electrons. The molecule has 0 spiro atoms. The summed E-state index contributed by atoms with van der Waals surface area (Å²) in [5.74, 6) is 0. The van der Waals surface area contributed by atoms with E-state index in [1.165, 1.54) is 32.4 Å². The monoisotopic (exact) mass is 199 g/mol. The van der Waals surface area contributed by atoms with Gasteiger partial charge in [-0.1, -0.05) is 6.42 Å². The number of hydrogen-bond acceptors (Lipinski definition) is 2. The van der Waals surface area contributed by atoms with Gasteiger partial charge in [0.2, 0.25) is 0 Å². The molecule has 0 radical (unpaired) electrons. The average molecular weight is 199 g/mol. The van der Waals surface area contributed by atoms with Crippen LogP contribution in [0.15, 0.2) is 0 Å². The fourth-order valence-corrected chi connectivity index (χ4v) is 2.67. The van der Waals surface area contributed by atoms with E-state index in [4.69, 9.17) is 0 Å². The van der Waals surface area contributed by atoms with Crippen LogP contribution in [0.4, 0.5) is 0 Å². The molecule has 14 heavy (non-hydrogen) atoms. The summed E-state index contributed by atoms with van der Waals surface area (Å²) in [5.41, 5.74) is -0.417. The molecule has 0 saturated carbocycles. The Balaban J connectivity index is 2.54. The van der Waals surface area contributed by atoms with Crippen molar-refractivity contribution >= 4 is 0 Å². The van der Waals surface area contributed by atoms with Gasteiger partial charge in [-0.25, -0.2) is 0 Å². The molecule has 1 aliphatic heterocycles. The molecule has 0 atom stereocenters. The average Bonchev–Trinajstić information content (AvgIpc) is 2.01. The SMILES string of the molecule is CC(C)(O)CC(C)(C)N1CCCCC1. The van der Waals surface area contributed by atoms with Crippen LogP contribution in [0.2, 0.25) is 0 Å². The Morgan fingerprint density at radius 2 is 1.50 bits per heavy atom. The summed E-state index contributed by atoms with van der Waals surface area (Å²) in [5, 5.41) is 9.86. The molecule has 2 nitrogen and oxygen atoms in total. The van der Waals surface area contributed by atoms with E-state index >= 15 is 0 Å². The Kier molecular flexibility index (Phi) is 3.59. The van der Waals surface area contributed by atoms with E-state index in [2.05, 4.69) is 18.7 Å². The van der Waals surface area contributed by atoms with Crippen molar-refractivity contribution in [2.75, 3.05) is 13.1 Å². The van der Waals surface area contributed by atoms with Gasteiger partial charge in [-0.05, 0) is 60.0 Å². The molecule has 0 aromatic rings. The first-order chi connectivity index (χ1) is 6.31. The minimum atomic E-state index is -0.555. The van der Waals surface area contributed by atoms with Crippen LogP contribution in [-0.2, 0) is 0 Å². The molecule has 1 fully saturated rings. The first kappa shape index (κ1) is 12.0. The molecule has 1 heterocycles. The van der Waals surface area contributed by atoms with Gasteiger partial charge in [-0.15, -0.1) is 0 Å². The minimum absolute atomic E-state index is 0.138. The Bertz CT molecular complexity index is 175. The van der Waals surface area contributed by atoms with Gasteiger partial charge >= 0.3 is 0 Å². The lowest BCUT2D eigenvalue weighted by atomic mass is 9.87. The molecule has 0 bridgehead atoms. The van der Waals surface area contributed by atoms with Crippen molar-refractivity contribution in [3.05, 3.63) is 0 Å². The van der Waals surface area contributed by atoms with Crippen molar-refractivity contribution in [2.24, 2.45) is 0 Å². The zero-order valence-electron chi connectivity index (χ0n) is 10.1. The zero-order valence-corrected chi connectivity index (χ0v) is 10.1. The smallest absolute Gasteiger partial charge is 0.0609 e. The molecule has 1 saturated heterocycles. The number of likely N-dealkylation sites (tertiary alicyclic amines) is 1. The van der Waals surface area contributed by atoms with E-state index in [0.717, 1.165) is 6.42 Å². The lowest BCUT2D eigenvalue weighted by molar-refractivity contribution is -0.00579. The molecular weight excluding hydrogens is 174 g/mol. The van der Waals surface area contributed by atoms with Gasteiger partial charge < -0.3 is 5.11 Å². The predicted molar refractivity (Wildman–Crippen MR) is 60.4 cm³/mol. The van der Waals surface area contributed by atoms with Gasteiger partial charge in [0.05, 0.1) is 5.60 Å². The van der Waals surface area contributed by atoms with Crippen LogP contribution in [0.1, 0.15) is 53.4 Å². The van der Waals surface area contributed by atoms with Crippen molar-refractivity contribution in [1.29, 1.82) is 0 Å². The molecule has 1 N–H and O–H groups in total. The fourth-order valence-electron chi connectivity index (χ4n) is 2.67. The second kappa shape index (κ2) is 4.19. The maximum absolute atomic E-state index is 9.86. The summed E-state index contributed by atoms with van der Waals surface area (Å²) in [6.07, 6.45) is 4.85. The Hall–Kier alpha value is -0.0800. The molecule has 0 unspecified atom stereocenters. The van der Waals surface area contributed by atoms with E-state index in [0.29, 0.717) is 0 Å². The highest BCUT2D eigenvalue weighted by molar-refractivity contribution is 4.88. The van der Waals surface area contributed by atoms with E-state index in [9.17, 15) is 5.11 Å². The molecular formula is C12H25NO. The standard InChI is InChI=1S/C12H25NO/c1-11(2,10-12(3,4)14)13-8-6-5-7-9-13/h14H,5-10H2,1-4H3. The second-order valence-electron chi connectivity index (χ2n) is 5.85. The highest BCUT2D eigenvalue weighted by Gasteiger charge is 2.32. The van der Waals surface area contributed by atoms with E-state index in [1.54, 1.807) is 0 Å². The lowest BCUT2D eigenvalue weighted by Gasteiger charge is -2.43. The fraction of sp³-hybridized carbons (Fsp3) is 1.00. The van der Waals surface area contributed by atoms with E-state index in [1.807, 2.05) is 13.8 Å². The van der Waals surface area contributed by atoms with Crippen LogP contribution < -0.4 is 0 Å². The Morgan fingerprint density at radius 3 is 1.93 bits per heavy atom. The summed E-state index contributed by atoms with van der Waals surface area (Å²) in [4.78, 5) is 2.52. The topological polar surface area (TPSA) is 23.5 Å². The first-order valence-electron chi connectivity index (χ1n) is 5.79. The largest absolute Gasteiger partial charge is 0.390 e. The van der Waals surface area contributed by atoms with Gasteiger partial charge in [0.1, 0.15) is 0 Å². The quantitative estimate of drug-likeness (QED) is 0.754. The van der Waals surface area contributed by atoms with E-state index < -0.39 is 5.60 Å².